The van der Waals surface area contributed by atoms with Crippen LogP contribution in [0.1, 0.15) is 29.8 Å². The number of amides is 1. The lowest BCUT2D eigenvalue weighted by Gasteiger charge is -2.16. The van der Waals surface area contributed by atoms with Crippen molar-refractivity contribution in [1.82, 2.24) is 5.32 Å². The van der Waals surface area contributed by atoms with Crippen molar-refractivity contribution in [3.8, 4) is 11.5 Å². The highest BCUT2D eigenvalue weighted by Gasteiger charge is 2.22. The van der Waals surface area contributed by atoms with E-state index in [0.717, 1.165) is 5.56 Å². The second-order valence-corrected chi connectivity index (χ2v) is 6.62. The lowest BCUT2D eigenvalue weighted by atomic mass is 10.1. The van der Waals surface area contributed by atoms with Gasteiger partial charge in [0.15, 0.2) is 11.5 Å². The number of carbonyl (C=O) groups is 2. The van der Waals surface area contributed by atoms with Gasteiger partial charge >= 0.3 is 5.97 Å². The zero-order valence-corrected chi connectivity index (χ0v) is 15.8. The van der Waals surface area contributed by atoms with Crippen molar-refractivity contribution in [3.05, 3.63) is 59.7 Å². The van der Waals surface area contributed by atoms with Gasteiger partial charge in [-0.2, -0.15) is 0 Å². The molecule has 1 unspecified atom stereocenters. The molecule has 1 amide bonds. The maximum atomic E-state index is 12.5. The van der Waals surface area contributed by atoms with Crippen molar-refractivity contribution in [2.24, 2.45) is 5.92 Å². The van der Waals surface area contributed by atoms with Gasteiger partial charge in [0.1, 0.15) is 6.04 Å². The van der Waals surface area contributed by atoms with Crippen LogP contribution in [-0.2, 0) is 11.2 Å². The number of nitrogens with one attached hydrogen (secondary N) is 1. The molecule has 0 aliphatic rings. The molecular formula is C21H25NO5. The van der Waals surface area contributed by atoms with Crippen LogP contribution >= 0.6 is 0 Å². The lowest BCUT2D eigenvalue weighted by molar-refractivity contribution is -0.139. The molecule has 0 saturated carbocycles. The summed E-state index contributed by atoms with van der Waals surface area (Å²) in [6.45, 7) is 4.60. The van der Waals surface area contributed by atoms with Crippen LogP contribution in [0.3, 0.4) is 0 Å². The number of carboxylic acid groups (broad SMARTS) is 1. The Bertz CT molecular complexity index is 773. The van der Waals surface area contributed by atoms with Crippen molar-refractivity contribution < 1.29 is 24.2 Å². The largest absolute Gasteiger partial charge is 0.493 e. The number of benzene rings is 2. The van der Waals surface area contributed by atoms with Gasteiger partial charge in [-0.25, -0.2) is 4.79 Å². The molecule has 0 heterocycles. The molecule has 0 aliphatic heterocycles. The second-order valence-electron chi connectivity index (χ2n) is 6.62. The van der Waals surface area contributed by atoms with Gasteiger partial charge in [0.05, 0.1) is 13.7 Å². The zero-order valence-electron chi connectivity index (χ0n) is 15.8. The third-order valence-electron chi connectivity index (χ3n) is 3.88. The number of hydrogen-bond acceptors (Lipinski definition) is 4. The van der Waals surface area contributed by atoms with Crippen LogP contribution in [0, 0.1) is 5.92 Å². The molecule has 2 aromatic carbocycles. The van der Waals surface area contributed by atoms with Crippen LogP contribution < -0.4 is 14.8 Å². The number of carbonyl (C=O) groups excluding carboxylic acids is 1. The molecule has 0 aromatic heterocycles. The van der Waals surface area contributed by atoms with E-state index in [1.807, 2.05) is 44.2 Å². The first-order chi connectivity index (χ1) is 12.9. The summed E-state index contributed by atoms with van der Waals surface area (Å²) in [5, 5.41) is 12.0. The Kier molecular flexibility index (Phi) is 7.23. The van der Waals surface area contributed by atoms with Crippen LogP contribution in [0.25, 0.3) is 0 Å². The topological polar surface area (TPSA) is 84.9 Å². The molecule has 0 bridgehead atoms. The smallest absolute Gasteiger partial charge is 0.326 e. The van der Waals surface area contributed by atoms with E-state index in [2.05, 4.69) is 5.32 Å². The minimum Gasteiger partial charge on any atom is -0.493 e. The van der Waals surface area contributed by atoms with E-state index in [-0.39, 0.29) is 6.42 Å². The van der Waals surface area contributed by atoms with E-state index in [4.69, 9.17) is 9.47 Å². The normalized spacial score (nSPS) is 11.7. The fourth-order valence-electron chi connectivity index (χ4n) is 2.48. The first-order valence-electron chi connectivity index (χ1n) is 8.79. The van der Waals surface area contributed by atoms with Crippen molar-refractivity contribution in [2.75, 3.05) is 13.7 Å². The highest BCUT2D eigenvalue weighted by atomic mass is 16.5. The van der Waals surface area contributed by atoms with Gasteiger partial charge in [-0.3, -0.25) is 4.79 Å². The fraction of sp³-hybridized carbons (Fsp3) is 0.333. The van der Waals surface area contributed by atoms with Crippen LogP contribution in [0.4, 0.5) is 0 Å². The van der Waals surface area contributed by atoms with E-state index >= 15 is 0 Å². The van der Waals surface area contributed by atoms with Crippen LogP contribution in [0.2, 0.25) is 0 Å². The molecular weight excluding hydrogens is 346 g/mol. The summed E-state index contributed by atoms with van der Waals surface area (Å²) in [6, 6.07) is 12.9. The fourth-order valence-corrected chi connectivity index (χ4v) is 2.48. The summed E-state index contributed by atoms with van der Waals surface area (Å²) in [4.78, 5) is 24.1. The SMILES string of the molecule is COc1cc(C(=O)NC(Cc2ccccc2)C(=O)O)ccc1OCC(C)C. The molecule has 0 radical (unpaired) electrons. The Labute approximate surface area is 159 Å². The number of methoxy groups -OCH3 is 1. The summed E-state index contributed by atoms with van der Waals surface area (Å²) >= 11 is 0. The van der Waals surface area contributed by atoms with Gasteiger partial charge in [-0.05, 0) is 29.7 Å². The minimum absolute atomic E-state index is 0.203. The van der Waals surface area contributed by atoms with Crippen molar-refractivity contribution in [3.63, 3.8) is 0 Å². The highest BCUT2D eigenvalue weighted by Crippen LogP contribution is 2.28. The summed E-state index contributed by atoms with van der Waals surface area (Å²) < 4.78 is 11.0. The molecule has 6 heteroatoms. The average Bonchev–Trinajstić information content (AvgIpc) is 2.66. The Morgan fingerprint density at radius 3 is 2.37 bits per heavy atom. The molecule has 1 atom stereocenters. The van der Waals surface area contributed by atoms with Gasteiger partial charge in [0, 0.05) is 12.0 Å². The predicted octanol–water partition coefficient (Wildman–Crippen LogP) is 3.16. The Hall–Kier alpha value is -3.02. The molecule has 6 nitrogen and oxygen atoms in total. The standard InChI is InChI=1S/C21H25NO5/c1-14(2)13-27-18-10-9-16(12-19(18)26-3)20(23)22-17(21(24)25)11-15-7-5-4-6-8-15/h4-10,12,14,17H,11,13H2,1-3H3,(H,22,23)(H,24,25). The van der Waals surface area contributed by atoms with Gasteiger partial charge in [-0.1, -0.05) is 44.2 Å². The van der Waals surface area contributed by atoms with Crippen molar-refractivity contribution in [2.45, 2.75) is 26.3 Å². The van der Waals surface area contributed by atoms with Crippen molar-refractivity contribution >= 4 is 11.9 Å². The molecule has 144 valence electrons. The molecule has 2 rings (SSSR count). The number of aliphatic carboxylic acids is 1. The summed E-state index contributed by atoms with van der Waals surface area (Å²) in [7, 11) is 1.49. The maximum Gasteiger partial charge on any atom is 0.326 e. The third-order valence-corrected chi connectivity index (χ3v) is 3.88. The van der Waals surface area contributed by atoms with Gasteiger partial charge in [0.25, 0.3) is 5.91 Å². The first-order valence-corrected chi connectivity index (χ1v) is 8.79. The number of ether oxygens (including phenoxy) is 2. The van der Waals surface area contributed by atoms with E-state index in [9.17, 15) is 14.7 Å². The quantitative estimate of drug-likeness (QED) is 0.707. The first kappa shape index (κ1) is 20.3. The third kappa shape index (κ3) is 6.02. The predicted molar refractivity (Wildman–Crippen MR) is 102 cm³/mol. The summed E-state index contributed by atoms with van der Waals surface area (Å²) in [5.41, 5.74) is 1.14. The number of carboxylic acids is 1. The monoisotopic (exact) mass is 371 g/mol. The Morgan fingerprint density at radius 1 is 1.07 bits per heavy atom. The van der Waals surface area contributed by atoms with E-state index in [1.54, 1.807) is 18.2 Å². The van der Waals surface area contributed by atoms with Gasteiger partial charge < -0.3 is 19.9 Å². The number of rotatable bonds is 9. The molecule has 27 heavy (non-hydrogen) atoms. The Balaban J connectivity index is 2.11. The molecule has 0 aliphatic carbocycles. The molecule has 2 N–H and O–H groups in total. The van der Waals surface area contributed by atoms with Crippen LogP contribution in [0.15, 0.2) is 48.5 Å². The number of hydrogen-bond donors (Lipinski definition) is 2. The molecule has 0 spiro atoms. The summed E-state index contributed by atoms with van der Waals surface area (Å²) in [5.74, 6) is -0.241. The molecule has 0 saturated heterocycles. The van der Waals surface area contributed by atoms with E-state index in [1.165, 1.54) is 7.11 Å². The minimum atomic E-state index is -1.09. The second kappa shape index (κ2) is 9.62. The highest BCUT2D eigenvalue weighted by molar-refractivity contribution is 5.97. The van der Waals surface area contributed by atoms with Gasteiger partial charge in [-0.15, -0.1) is 0 Å². The summed E-state index contributed by atoms with van der Waals surface area (Å²) in [6.07, 6.45) is 0.203. The molecule has 0 fully saturated rings. The Morgan fingerprint density at radius 2 is 1.78 bits per heavy atom. The molecule has 2 aromatic rings. The van der Waals surface area contributed by atoms with E-state index in [0.29, 0.717) is 29.6 Å². The zero-order chi connectivity index (χ0) is 19.8. The van der Waals surface area contributed by atoms with Crippen molar-refractivity contribution in [1.29, 1.82) is 0 Å². The van der Waals surface area contributed by atoms with Crippen LogP contribution in [0.5, 0.6) is 11.5 Å². The average molecular weight is 371 g/mol. The maximum absolute atomic E-state index is 12.5. The van der Waals surface area contributed by atoms with Gasteiger partial charge in [0.2, 0.25) is 0 Å². The lowest BCUT2D eigenvalue weighted by Crippen LogP contribution is -2.42. The van der Waals surface area contributed by atoms with Crippen LogP contribution in [-0.4, -0.2) is 36.7 Å². The van der Waals surface area contributed by atoms with E-state index < -0.39 is 17.9 Å².